The average molecular weight is 491 g/mol. The maximum atomic E-state index is 14.9. The molecule has 1 aromatic heterocycles. The summed E-state index contributed by atoms with van der Waals surface area (Å²) in [5.74, 6) is -0.0780. The Labute approximate surface area is 189 Å². The molecule has 172 valence electrons. The lowest BCUT2D eigenvalue weighted by Gasteiger charge is -2.37. The van der Waals surface area contributed by atoms with E-state index in [0.29, 0.717) is 5.92 Å². The van der Waals surface area contributed by atoms with E-state index >= 15 is 0 Å². The summed E-state index contributed by atoms with van der Waals surface area (Å²) in [6.07, 6.45) is 1.07. The number of aromatic amines is 1. The highest BCUT2D eigenvalue weighted by molar-refractivity contribution is 8.68. The molecule has 1 saturated carbocycles. The van der Waals surface area contributed by atoms with Crippen LogP contribution in [0.5, 0.6) is 0 Å². The minimum absolute atomic E-state index is 0.0158. The van der Waals surface area contributed by atoms with Gasteiger partial charge in [-0.25, -0.2) is 9.18 Å². The van der Waals surface area contributed by atoms with Gasteiger partial charge in [0.15, 0.2) is 12.4 Å². The van der Waals surface area contributed by atoms with Gasteiger partial charge >= 0.3 is 5.69 Å². The Bertz CT molecular complexity index is 1030. The lowest BCUT2D eigenvalue weighted by Crippen LogP contribution is -2.39. The number of ether oxygens (including phenoxy) is 1. The highest BCUT2D eigenvalue weighted by atomic mass is 32.9. The quantitative estimate of drug-likeness (QED) is 0.495. The van der Waals surface area contributed by atoms with E-state index in [1.165, 1.54) is 17.8 Å². The molecule has 1 aliphatic carbocycles. The summed E-state index contributed by atoms with van der Waals surface area (Å²) in [5.41, 5.74) is -2.68. The standard InChI is InChI=1S/C20H28FN2O5PS2/c1-11(2)13-5-7-20(4)15(9-13)28-29(30,31-20)26-10-14-12(3)17(21)18(27-14)23-8-6-16(24)22-19(23)25/h6,8,12-15,17-18H,1,5,7,9-10H2,2-4H3,(H,22,24,25)/t12-,13-,14-,15+,17-,18-,20+,29+/m1/s1. The number of nitrogens with zero attached hydrogens (tertiary/aromatic N) is 1. The van der Waals surface area contributed by atoms with E-state index in [0.717, 1.165) is 23.8 Å². The summed E-state index contributed by atoms with van der Waals surface area (Å²) in [6.45, 7) is 10.1. The number of nitrogens with one attached hydrogen (secondary N) is 1. The second-order valence-corrected chi connectivity index (χ2v) is 15.5. The van der Waals surface area contributed by atoms with E-state index in [9.17, 15) is 14.0 Å². The van der Waals surface area contributed by atoms with Crippen LogP contribution in [0.15, 0.2) is 34.0 Å². The Kier molecular flexibility index (Phi) is 6.44. The molecule has 3 fully saturated rings. The van der Waals surface area contributed by atoms with Crippen LogP contribution in [0.2, 0.25) is 0 Å². The molecule has 3 aliphatic rings. The summed E-state index contributed by atoms with van der Waals surface area (Å²) in [6, 6.07) is 1.17. The molecule has 1 N–H and O–H groups in total. The maximum absolute atomic E-state index is 14.9. The first kappa shape index (κ1) is 23.4. The van der Waals surface area contributed by atoms with Crippen molar-refractivity contribution < 1.29 is 18.2 Å². The number of rotatable bonds is 5. The second kappa shape index (κ2) is 8.54. The van der Waals surface area contributed by atoms with E-state index in [4.69, 9.17) is 25.6 Å². The van der Waals surface area contributed by atoms with Gasteiger partial charge in [-0.15, -0.1) is 0 Å². The Morgan fingerprint density at radius 3 is 2.97 bits per heavy atom. The minimum atomic E-state index is -2.60. The highest BCUT2D eigenvalue weighted by Gasteiger charge is 2.54. The van der Waals surface area contributed by atoms with Crippen LogP contribution in [0, 0.1) is 11.8 Å². The molecule has 31 heavy (non-hydrogen) atoms. The number of allylic oxidation sites excluding steroid dienone is 1. The molecular weight excluding hydrogens is 462 g/mol. The normalized spacial score (nSPS) is 42.5. The number of fused-ring (bicyclic) bond motifs is 1. The molecule has 0 radical (unpaired) electrons. The van der Waals surface area contributed by atoms with Crippen molar-refractivity contribution in [1.29, 1.82) is 0 Å². The van der Waals surface area contributed by atoms with Crippen LogP contribution in [0.4, 0.5) is 4.39 Å². The molecule has 3 heterocycles. The molecule has 2 saturated heterocycles. The van der Waals surface area contributed by atoms with Crippen molar-refractivity contribution in [2.45, 2.75) is 69.4 Å². The largest absolute Gasteiger partial charge is 0.349 e. The highest BCUT2D eigenvalue weighted by Crippen LogP contribution is 2.75. The monoisotopic (exact) mass is 490 g/mol. The van der Waals surface area contributed by atoms with Gasteiger partial charge in [0.2, 0.25) is 5.69 Å². The Morgan fingerprint density at radius 2 is 2.29 bits per heavy atom. The van der Waals surface area contributed by atoms with Crippen molar-refractivity contribution in [3.05, 3.63) is 45.3 Å². The second-order valence-electron chi connectivity index (χ2n) is 8.94. The van der Waals surface area contributed by atoms with Crippen molar-refractivity contribution in [1.82, 2.24) is 9.55 Å². The summed E-state index contributed by atoms with van der Waals surface area (Å²) >= 11 is 7.39. The first-order chi connectivity index (χ1) is 14.5. The van der Waals surface area contributed by atoms with Gasteiger partial charge in [-0.05, 0) is 50.8 Å². The predicted octanol–water partition coefficient (Wildman–Crippen LogP) is 3.92. The Morgan fingerprint density at radius 1 is 1.55 bits per heavy atom. The van der Waals surface area contributed by atoms with Crippen molar-refractivity contribution in [3.8, 4) is 0 Å². The van der Waals surface area contributed by atoms with E-state index in [2.05, 4.69) is 25.4 Å². The van der Waals surface area contributed by atoms with Crippen LogP contribution in [0.1, 0.15) is 46.3 Å². The number of aromatic nitrogens is 2. The van der Waals surface area contributed by atoms with E-state index in [-0.39, 0.29) is 17.5 Å². The predicted molar refractivity (Wildman–Crippen MR) is 123 cm³/mol. The molecule has 11 heteroatoms. The average Bonchev–Trinajstić information content (AvgIpc) is 3.12. The van der Waals surface area contributed by atoms with Crippen molar-refractivity contribution in [2.75, 3.05) is 6.61 Å². The van der Waals surface area contributed by atoms with Gasteiger partial charge in [0, 0.05) is 22.9 Å². The van der Waals surface area contributed by atoms with Crippen LogP contribution >= 0.6 is 17.1 Å². The molecule has 0 spiro atoms. The first-order valence-electron chi connectivity index (χ1n) is 10.4. The zero-order valence-electron chi connectivity index (χ0n) is 17.8. The fourth-order valence-electron chi connectivity index (χ4n) is 4.49. The maximum Gasteiger partial charge on any atom is 0.330 e. The Hall–Kier alpha value is -0.770. The number of hydrogen-bond donors (Lipinski definition) is 1. The minimum Gasteiger partial charge on any atom is -0.349 e. The van der Waals surface area contributed by atoms with Gasteiger partial charge in [0.25, 0.3) is 5.56 Å². The van der Waals surface area contributed by atoms with Crippen LogP contribution in [0.3, 0.4) is 0 Å². The van der Waals surface area contributed by atoms with Crippen molar-refractivity contribution >= 4 is 28.9 Å². The third-order valence-corrected chi connectivity index (χ3v) is 12.5. The summed E-state index contributed by atoms with van der Waals surface area (Å²) < 4.78 is 34.1. The lowest BCUT2D eigenvalue weighted by molar-refractivity contribution is -0.0385. The lowest BCUT2D eigenvalue weighted by atomic mass is 9.77. The van der Waals surface area contributed by atoms with Gasteiger partial charge in [-0.3, -0.25) is 14.3 Å². The molecule has 8 atom stereocenters. The Balaban J connectivity index is 1.42. The third-order valence-electron chi connectivity index (χ3n) is 6.64. The first-order valence-corrected chi connectivity index (χ1v) is 14.5. The van der Waals surface area contributed by atoms with Crippen molar-refractivity contribution in [2.24, 2.45) is 11.8 Å². The zero-order valence-corrected chi connectivity index (χ0v) is 20.3. The molecule has 0 aromatic carbocycles. The van der Waals surface area contributed by atoms with Gasteiger partial charge in [0.1, 0.15) is 0 Å². The van der Waals surface area contributed by atoms with Gasteiger partial charge in [-0.2, -0.15) is 0 Å². The van der Waals surface area contributed by atoms with Crippen LogP contribution in [-0.2, 0) is 25.6 Å². The van der Waals surface area contributed by atoms with Crippen molar-refractivity contribution in [3.63, 3.8) is 0 Å². The molecule has 1 aromatic rings. The molecule has 7 nitrogen and oxygen atoms in total. The van der Waals surface area contributed by atoms with Crippen LogP contribution < -0.4 is 11.2 Å². The summed E-state index contributed by atoms with van der Waals surface area (Å²) in [4.78, 5) is 25.5. The number of alkyl halides is 1. The molecule has 2 aliphatic heterocycles. The molecule has 0 bridgehead atoms. The van der Waals surface area contributed by atoms with Gasteiger partial charge in [-0.1, -0.05) is 30.5 Å². The molecule has 0 unspecified atom stereocenters. The number of H-pyrrole nitrogens is 1. The zero-order chi connectivity index (χ0) is 22.6. The summed E-state index contributed by atoms with van der Waals surface area (Å²) in [5, 5.41) is 0. The molecule has 0 amide bonds. The SMILES string of the molecule is C=C(C)[C@@H]1CC[C@]2(C)S[P@@](=S)(OC[C@H]3O[C@@H](n4ccc(=O)[nH]c4=O)[C@H](F)[C@@H]3C)O[C@H]2C1. The molecular formula is C20H28FN2O5PS2. The topological polar surface area (TPSA) is 82.5 Å². The number of halogens is 1. The molecule has 4 rings (SSSR count). The van der Waals surface area contributed by atoms with E-state index in [1.807, 2.05) is 0 Å². The van der Waals surface area contributed by atoms with E-state index < -0.39 is 41.4 Å². The third kappa shape index (κ3) is 4.52. The van der Waals surface area contributed by atoms with Crippen LogP contribution in [-0.4, -0.2) is 39.3 Å². The smallest absolute Gasteiger partial charge is 0.330 e. The van der Waals surface area contributed by atoms with Crippen LogP contribution in [0.25, 0.3) is 0 Å². The van der Waals surface area contributed by atoms with Gasteiger partial charge in [0.05, 0.1) is 18.8 Å². The number of hydrogen-bond acceptors (Lipinski definition) is 7. The van der Waals surface area contributed by atoms with E-state index in [1.54, 1.807) is 18.3 Å². The fourth-order valence-corrected chi connectivity index (χ4v) is 11.6. The summed E-state index contributed by atoms with van der Waals surface area (Å²) in [7, 11) is 0. The van der Waals surface area contributed by atoms with Gasteiger partial charge < -0.3 is 13.8 Å². The fraction of sp³-hybridized carbons (Fsp3) is 0.700.